The van der Waals surface area contributed by atoms with Gasteiger partial charge in [-0.15, -0.1) is 0 Å². The molecule has 0 amide bonds. The molecule has 0 aliphatic rings. The highest BCUT2D eigenvalue weighted by molar-refractivity contribution is 7.86. The Labute approximate surface area is 211 Å². The number of fused-ring (bicyclic) bond motifs is 6. The van der Waals surface area contributed by atoms with Gasteiger partial charge >= 0.3 is 10.1 Å². The van der Waals surface area contributed by atoms with Crippen molar-refractivity contribution in [2.75, 3.05) is 6.26 Å². The van der Waals surface area contributed by atoms with E-state index < -0.39 is 15.0 Å². The number of imidazole rings is 1. The second-order valence-electron chi connectivity index (χ2n) is 8.62. The topological polar surface area (TPSA) is 104 Å². The maximum atomic E-state index is 12.0. The molecule has 0 fully saturated rings. The normalized spacial score (nSPS) is 11.8. The zero-order chi connectivity index (χ0) is 25.7. The first-order valence-electron chi connectivity index (χ1n) is 11.4. The summed E-state index contributed by atoms with van der Waals surface area (Å²) in [5.74, 6) is 0.585. The second kappa shape index (κ2) is 8.42. The van der Waals surface area contributed by atoms with Gasteiger partial charge in [-0.05, 0) is 35.0 Å². The number of hydrogen-bond donors (Lipinski definition) is 0. The molecule has 0 N–H and O–H groups in total. The Bertz CT molecular complexity index is 1960. The van der Waals surface area contributed by atoms with Crippen molar-refractivity contribution in [1.29, 1.82) is 0 Å². The molecular weight excluding hydrogens is 490 g/mol. The lowest BCUT2D eigenvalue weighted by Gasteiger charge is -2.14. The summed E-state index contributed by atoms with van der Waals surface area (Å²) in [7, 11) is -3.81. The molecule has 5 aromatic carbocycles. The Kier molecular flexibility index (Phi) is 5.16. The van der Waals surface area contributed by atoms with E-state index in [-0.39, 0.29) is 11.4 Å². The van der Waals surface area contributed by atoms with Crippen molar-refractivity contribution in [2.45, 2.75) is 0 Å². The number of nitro benzene ring substituents is 1. The van der Waals surface area contributed by atoms with E-state index in [1.807, 2.05) is 53.1 Å². The predicted molar refractivity (Wildman–Crippen MR) is 144 cm³/mol. The fraction of sp³-hybridized carbons (Fsp3) is 0.0357. The number of para-hydroxylation sites is 1. The molecule has 1 heterocycles. The Hall–Kier alpha value is -4.76. The van der Waals surface area contributed by atoms with Crippen LogP contribution in [0.5, 0.6) is 5.75 Å². The van der Waals surface area contributed by atoms with Crippen LogP contribution in [0.4, 0.5) is 5.69 Å². The molecule has 0 spiro atoms. The number of non-ortho nitro benzene ring substituents is 1. The molecular formula is C28H19N3O5S. The van der Waals surface area contributed by atoms with E-state index in [0.717, 1.165) is 38.8 Å². The molecule has 37 heavy (non-hydrogen) atoms. The third-order valence-electron chi connectivity index (χ3n) is 6.22. The van der Waals surface area contributed by atoms with Crippen LogP contribution in [0.2, 0.25) is 0 Å². The fourth-order valence-corrected chi connectivity index (χ4v) is 5.22. The van der Waals surface area contributed by atoms with E-state index in [9.17, 15) is 18.5 Å². The molecule has 0 saturated carbocycles. The molecule has 9 heteroatoms. The molecule has 182 valence electrons. The van der Waals surface area contributed by atoms with Crippen LogP contribution in [0.3, 0.4) is 0 Å². The number of benzene rings is 5. The van der Waals surface area contributed by atoms with Crippen LogP contribution in [0.25, 0.3) is 49.7 Å². The Morgan fingerprint density at radius 3 is 2.00 bits per heavy atom. The van der Waals surface area contributed by atoms with Crippen molar-refractivity contribution in [3.63, 3.8) is 0 Å². The smallest absolute Gasteiger partial charge is 0.306 e. The monoisotopic (exact) mass is 509 g/mol. The Balaban J connectivity index is 1.79. The van der Waals surface area contributed by atoms with Gasteiger partial charge in [0.25, 0.3) is 5.69 Å². The molecule has 8 nitrogen and oxygen atoms in total. The molecule has 0 radical (unpaired) electrons. The van der Waals surface area contributed by atoms with Crippen LogP contribution in [0.1, 0.15) is 0 Å². The summed E-state index contributed by atoms with van der Waals surface area (Å²) >= 11 is 0. The van der Waals surface area contributed by atoms with Crippen LogP contribution in [-0.4, -0.2) is 29.1 Å². The van der Waals surface area contributed by atoms with Gasteiger partial charge < -0.3 is 4.18 Å². The zero-order valence-electron chi connectivity index (χ0n) is 19.5. The van der Waals surface area contributed by atoms with Gasteiger partial charge in [-0.2, -0.15) is 8.42 Å². The van der Waals surface area contributed by atoms with Gasteiger partial charge in [-0.25, -0.2) is 4.98 Å². The molecule has 6 rings (SSSR count). The van der Waals surface area contributed by atoms with Crippen molar-refractivity contribution >= 4 is 48.4 Å². The molecule has 0 bridgehead atoms. The number of aromatic nitrogens is 2. The van der Waals surface area contributed by atoms with Crippen molar-refractivity contribution in [3.8, 4) is 22.8 Å². The van der Waals surface area contributed by atoms with Crippen molar-refractivity contribution in [3.05, 3.63) is 107 Å². The van der Waals surface area contributed by atoms with E-state index in [4.69, 9.17) is 9.17 Å². The molecule has 0 saturated heterocycles. The molecule has 6 aromatic rings. The van der Waals surface area contributed by atoms with E-state index in [1.54, 1.807) is 36.4 Å². The van der Waals surface area contributed by atoms with Gasteiger partial charge in [0.1, 0.15) is 5.82 Å². The first kappa shape index (κ1) is 22.7. The van der Waals surface area contributed by atoms with Crippen molar-refractivity contribution < 1.29 is 17.5 Å². The van der Waals surface area contributed by atoms with E-state index in [0.29, 0.717) is 17.1 Å². The van der Waals surface area contributed by atoms with Crippen molar-refractivity contribution in [1.82, 2.24) is 9.55 Å². The summed E-state index contributed by atoms with van der Waals surface area (Å²) in [5, 5.41) is 15.2. The maximum Gasteiger partial charge on any atom is 0.306 e. The quantitative estimate of drug-likeness (QED) is 0.118. The van der Waals surface area contributed by atoms with Crippen LogP contribution < -0.4 is 4.18 Å². The van der Waals surface area contributed by atoms with Gasteiger partial charge in [0.2, 0.25) is 0 Å². The molecule has 0 aliphatic heterocycles. The third kappa shape index (κ3) is 3.85. The highest BCUT2D eigenvalue weighted by Crippen LogP contribution is 2.41. The number of rotatable bonds is 5. The van der Waals surface area contributed by atoms with Gasteiger partial charge in [0, 0.05) is 28.6 Å². The van der Waals surface area contributed by atoms with Crippen molar-refractivity contribution in [2.24, 2.45) is 0 Å². The number of hydrogen-bond acceptors (Lipinski definition) is 6. The summed E-state index contributed by atoms with van der Waals surface area (Å²) < 4.78 is 31.3. The minimum atomic E-state index is -3.81. The summed E-state index contributed by atoms with van der Waals surface area (Å²) in [6.45, 7) is 0. The third-order valence-corrected chi connectivity index (χ3v) is 6.70. The number of nitrogens with zero attached hydrogens (tertiary/aromatic N) is 3. The molecule has 0 aliphatic carbocycles. The van der Waals surface area contributed by atoms with Crippen LogP contribution in [-0.2, 0) is 10.1 Å². The van der Waals surface area contributed by atoms with E-state index >= 15 is 0 Å². The van der Waals surface area contributed by atoms with E-state index in [1.165, 1.54) is 12.1 Å². The van der Waals surface area contributed by atoms with Crippen LogP contribution >= 0.6 is 0 Å². The molecule has 0 atom stereocenters. The minimum Gasteiger partial charge on any atom is -0.382 e. The van der Waals surface area contributed by atoms with Crippen LogP contribution in [0.15, 0.2) is 97.1 Å². The first-order chi connectivity index (χ1) is 17.8. The average molecular weight is 510 g/mol. The van der Waals surface area contributed by atoms with Gasteiger partial charge in [-0.3, -0.25) is 14.7 Å². The Morgan fingerprint density at radius 1 is 0.784 bits per heavy atom. The lowest BCUT2D eigenvalue weighted by Crippen LogP contribution is -2.07. The van der Waals surface area contributed by atoms with E-state index in [2.05, 4.69) is 0 Å². The SMILES string of the molecule is CS(=O)(=O)Oc1ccccc1-c1nc2c3ccccc3c3ccccc3c2n1-c1ccc([N+](=O)[O-])cc1. The molecule has 1 aromatic heterocycles. The standard InChI is InChI=1S/C28H19N3O5S/c1-37(34,35)36-25-13-7-6-12-24(25)28-29-26-22-10-4-2-8-20(22)21-9-3-5-11-23(21)27(26)30(28)18-14-16-19(17-15-18)31(32)33/h2-17H,1H3. The zero-order valence-corrected chi connectivity index (χ0v) is 20.3. The summed E-state index contributed by atoms with van der Waals surface area (Å²) in [6, 6.07) is 28.9. The number of nitro groups is 1. The summed E-state index contributed by atoms with van der Waals surface area (Å²) in [5.41, 5.74) is 2.59. The molecule has 0 unspecified atom stereocenters. The second-order valence-corrected chi connectivity index (χ2v) is 10.2. The first-order valence-corrected chi connectivity index (χ1v) is 13.2. The lowest BCUT2D eigenvalue weighted by molar-refractivity contribution is -0.384. The van der Waals surface area contributed by atoms with Gasteiger partial charge in [0.15, 0.2) is 5.75 Å². The summed E-state index contributed by atoms with van der Waals surface area (Å²) in [6.07, 6.45) is 0.990. The largest absolute Gasteiger partial charge is 0.382 e. The highest BCUT2D eigenvalue weighted by atomic mass is 32.2. The van der Waals surface area contributed by atoms with Gasteiger partial charge in [0.05, 0.1) is 27.8 Å². The fourth-order valence-electron chi connectivity index (χ4n) is 4.75. The summed E-state index contributed by atoms with van der Waals surface area (Å²) in [4.78, 5) is 15.9. The lowest BCUT2D eigenvalue weighted by atomic mass is 10.00. The maximum absolute atomic E-state index is 12.0. The van der Waals surface area contributed by atoms with Gasteiger partial charge in [-0.1, -0.05) is 60.7 Å². The highest BCUT2D eigenvalue weighted by Gasteiger charge is 2.23. The predicted octanol–water partition coefficient (Wildman–Crippen LogP) is 6.25. The average Bonchev–Trinajstić information content (AvgIpc) is 3.29. The van der Waals surface area contributed by atoms with Crippen LogP contribution in [0, 0.1) is 10.1 Å². The Morgan fingerprint density at radius 2 is 1.35 bits per heavy atom. The minimum absolute atomic E-state index is 0.0363.